The van der Waals surface area contributed by atoms with Crippen molar-refractivity contribution in [1.82, 2.24) is 10.1 Å². The normalized spacial score (nSPS) is 18.7. The van der Waals surface area contributed by atoms with Crippen LogP contribution in [0.1, 0.15) is 50.8 Å². The van der Waals surface area contributed by atoms with Crippen LogP contribution in [0.4, 0.5) is 4.39 Å². The summed E-state index contributed by atoms with van der Waals surface area (Å²) in [7, 11) is 1.65. The van der Waals surface area contributed by atoms with Crippen molar-refractivity contribution < 1.29 is 18.4 Å². The zero-order valence-corrected chi connectivity index (χ0v) is 16.9. The largest absolute Gasteiger partial charge is 0.493 e. The minimum atomic E-state index is -0.316. The second-order valence-electron chi connectivity index (χ2n) is 7.47. The highest BCUT2D eigenvalue weighted by Gasteiger charge is 2.34. The van der Waals surface area contributed by atoms with Crippen LogP contribution >= 0.6 is 0 Å². The van der Waals surface area contributed by atoms with Gasteiger partial charge in [-0.15, -0.1) is 0 Å². The Kier molecular flexibility index (Phi) is 6.00. The molecule has 0 aliphatic carbocycles. The molecule has 6 heteroatoms. The number of para-hydroxylation sites is 2. The van der Waals surface area contributed by atoms with E-state index in [1.165, 1.54) is 12.1 Å². The molecule has 0 spiro atoms. The number of fused-ring (bicyclic) bond motifs is 1. The summed E-state index contributed by atoms with van der Waals surface area (Å²) < 4.78 is 31.0. The van der Waals surface area contributed by atoms with Crippen LogP contribution in [0.15, 0.2) is 47.0 Å². The summed E-state index contributed by atoms with van der Waals surface area (Å²) in [5, 5.41) is 5.20. The monoisotopic (exact) mass is 398 g/mol. The smallest absolute Gasteiger partial charge is 0.170 e. The fraction of sp³-hybridized carbons (Fsp3) is 0.435. The van der Waals surface area contributed by atoms with E-state index in [0.29, 0.717) is 5.58 Å². The van der Waals surface area contributed by atoms with Crippen molar-refractivity contribution >= 4 is 11.0 Å². The van der Waals surface area contributed by atoms with Crippen LogP contribution in [0.25, 0.3) is 11.0 Å². The van der Waals surface area contributed by atoms with Gasteiger partial charge >= 0.3 is 0 Å². The SMILES string of the molecule is CCCC(Oc1ccccc1OC)N1CCCCC1c1noc2cc(F)ccc12. The van der Waals surface area contributed by atoms with Gasteiger partial charge in [-0.05, 0) is 43.5 Å². The van der Waals surface area contributed by atoms with Crippen molar-refractivity contribution in [3.05, 3.63) is 54.0 Å². The lowest BCUT2D eigenvalue weighted by Gasteiger charge is -2.40. The first-order valence-electron chi connectivity index (χ1n) is 10.3. The zero-order valence-electron chi connectivity index (χ0n) is 16.9. The molecular weight excluding hydrogens is 371 g/mol. The topological polar surface area (TPSA) is 47.7 Å². The minimum absolute atomic E-state index is 0.0710. The van der Waals surface area contributed by atoms with Gasteiger partial charge in [0, 0.05) is 18.0 Å². The Labute approximate surface area is 170 Å². The number of nitrogens with zero attached hydrogens (tertiary/aromatic N) is 2. The van der Waals surface area contributed by atoms with Gasteiger partial charge in [0.05, 0.1) is 13.2 Å². The van der Waals surface area contributed by atoms with E-state index in [-0.39, 0.29) is 18.1 Å². The van der Waals surface area contributed by atoms with Gasteiger partial charge in [-0.25, -0.2) is 4.39 Å². The summed E-state index contributed by atoms with van der Waals surface area (Å²) in [5.41, 5.74) is 1.35. The van der Waals surface area contributed by atoms with Gasteiger partial charge in [0.1, 0.15) is 11.5 Å². The van der Waals surface area contributed by atoms with Crippen LogP contribution in [0.2, 0.25) is 0 Å². The summed E-state index contributed by atoms with van der Waals surface area (Å²) in [5.74, 6) is 1.15. The first-order valence-corrected chi connectivity index (χ1v) is 10.3. The van der Waals surface area contributed by atoms with Gasteiger partial charge < -0.3 is 14.0 Å². The van der Waals surface area contributed by atoms with Crippen LogP contribution in [0.3, 0.4) is 0 Å². The Morgan fingerprint density at radius 1 is 1.21 bits per heavy atom. The molecule has 0 saturated carbocycles. The Morgan fingerprint density at radius 3 is 2.83 bits per heavy atom. The molecule has 2 aromatic carbocycles. The van der Waals surface area contributed by atoms with Crippen LogP contribution < -0.4 is 9.47 Å². The van der Waals surface area contributed by atoms with Crippen molar-refractivity contribution in [2.75, 3.05) is 13.7 Å². The van der Waals surface area contributed by atoms with E-state index in [1.54, 1.807) is 13.2 Å². The van der Waals surface area contributed by atoms with Gasteiger partial charge in [-0.3, -0.25) is 4.90 Å². The van der Waals surface area contributed by atoms with Crippen molar-refractivity contribution in [2.45, 2.75) is 51.3 Å². The number of likely N-dealkylation sites (tertiary alicyclic amines) is 1. The van der Waals surface area contributed by atoms with E-state index >= 15 is 0 Å². The van der Waals surface area contributed by atoms with Crippen LogP contribution in [-0.2, 0) is 0 Å². The first-order chi connectivity index (χ1) is 14.2. The van der Waals surface area contributed by atoms with E-state index in [9.17, 15) is 4.39 Å². The highest BCUT2D eigenvalue weighted by molar-refractivity contribution is 5.79. The third-order valence-corrected chi connectivity index (χ3v) is 5.56. The molecule has 3 aromatic rings. The quantitative estimate of drug-likeness (QED) is 0.510. The summed E-state index contributed by atoms with van der Waals surface area (Å²) in [6.45, 7) is 3.08. The molecule has 0 bridgehead atoms. The molecule has 29 heavy (non-hydrogen) atoms. The fourth-order valence-electron chi connectivity index (χ4n) is 4.17. The van der Waals surface area contributed by atoms with E-state index < -0.39 is 0 Å². The molecule has 1 aromatic heterocycles. The molecule has 4 rings (SSSR count). The van der Waals surface area contributed by atoms with Crippen LogP contribution in [0, 0.1) is 5.82 Å². The lowest BCUT2D eigenvalue weighted by Crippen LogP contribution is -2.44. The maximum absolute atomic E-state index is 13.6. The summed E-state index contributed by atoms with van der Waals surface area (Å²) in [4.78, 5) is 2.38. The van der Waals surface area contributed by atoms with Crippen LogP contribution in [-0.4, -0.2) is 29.9 Å². The predicted octanol–water partition coefficient (Wildman–Crippen LogP) is 5.71. The summed E-state index contributed by atoms with van der Waals surface area (Å²) in [6, 6.07) is 12.4. The highest BCUT2D eigenvalue weighted by Crippen LogP contribution is 2.38. The number of benzene rings is 2. The van der Waals surface area contributed by atoms with E-state index in [1.807, 2.05) is 24.3 Å². The number of hydrogen-bond acceptors (Lipinski definition) is 5. The standard InChI is InChI=1S/C23H27FN2O3/c1-3-8-22(28-20-11-5-4-10-19(20)27-2)26-14-7-6-9-18(26)23-17-13-12-16(24)15-21(17)29-25-23/h4-5,10-13,15,18,22H,3,6-9,14H2,1-2H3. The van der Waals surface area contributed by atoms with Crippen molar-refractivity contribution in [2.24, 2.45) is 0 Å². The van der Waals surface area contributed by atoms with Gasteiger partial charge in [0.25, 0.3) is 0 Å². The van der Waals surface area contributed by atoms with Gasteiger partial charge in [0.2, 0.25) is 0 Å². The first kappa shape index (κ1) is 19.7. The van der Waals surface area contributed by atoms with Crippen molar-refractivity contribution in [3.63, 3.8) is 0 Å². The molecule has 2 heterocycles. The summed E-state index contributed by atoms with van der Waals surface area (Å²) >= 11 is 0. The summed E-state index contributed by atoms with van der Waals surface area (Å²) in [6.07, 6.45) is 4.97. The Hall–Kier alpha value is -2.60. The molecule has 2 unspecified atom stereocenters. The van der Waals surface area contributed by atoms with E-state index in [4.69, 9.17) is 14.0 Å². The van der Waals surface area contributed by atoms with Crippen molar-refractivity contribution in [3.8, 4) is 11.5 Å². The number of methoxy groups -OCH3 is 1. The number of aromatic nitrogens is 1. The molecule has 0 N–H and O–H groups in total. The van der Waals surface area contributed by atoms with Crippen molar-refractivity contribution in [1.29, 1.82) is 0 Å². The number of halogens is 1. The molecule has 2 atom stereocenters. The second-order valence-corrected chi connectivity index (χ2v) is 7.47. The van der Waals surface area contributed by atoms with Gasteiger partial charge in [-0.2, -0.15) is 0 Å². The van der Waals surface area contributed by atoms with Gasteiger partial charge in [-0.1, -0.05) is 37.1 Å². The maximum Gasteiger partial charge on any atom is 0.170 e. The lowest BCUT2D eigenvalue weighted by molar-refractivity contribution is -0.0320. The van der Waals surface area contributed by atoms with Crippen LogP contribution in [0.5, 0.6) is 11.5 Å². The number of piperidine rings is 1. The molecule has 0 radical (unpaired) electrons. The number of rotatable bonds is 7. The lowest BCUT2D eigenvalue weighted by atomic mass is 9.96. The molecular formula is C23H27FN2O3. The average Bonchev–Trinajstić information content (AvgIpc) is 3.16. The number of ether oxygens (including phenoxy) is 2. The second kappa shape index (κ2) is 8.82. The van der Waals surface area contributed by atoms with Gasteiger partial charge in [0.15, 0.2) is 23.3 Å². The Morgan fingerprint density at radius 2 is 2.03 bits per heavy atom. The Bertz CT molecular complexity index is 958. The third kappa shape index (κ3) is 4.08. The molecule has 0 amide bonds. The predicted molar refractivity (Wildman–Crippen MR) is 110 cm³/mol. The zero-order chi connectivity index (χ0) is 20.2. The average molecular weight is 398 g/mol. The third-order valence-electron chi connectivity index (χ3n) is 5.56. The molecule has 1 fully saturated rings. The number of hydrogen-bond donors (Lipinski definition) is 0. The molecule has 154 valence electrons. The van der Waals surface area contributed by atoms with E-state index in [0.717, 1.165) is 61.2 Å². The Balaban J connectivity index is 1.66. The highest BCUT2D eigenvalue weighted by atomic mass is 19.1. The molecule has 5 nitrogen and oxygen atoms in total. The maximum atomic E-state index is 13.6. The fourth-order valence-corrected chi connectivity index (χ4v) is 4.17. The minimum Gasteiger partial charge on any atom is -0.493 e. The molecule has 1 saturated heterocycles. The molecule has 1 aliphatic rings. The molecule has 1 aliphatic heterocycles. The van der Waals surface area contributed by atoms with E-state index in [2.05, 4.69) is 17.0 Å².